The Bertz CT molecular complexity index is 1100. The van der Waals surface area contributed by atoms with Gasteiger partial charge in [-0.15, -0.1) is 0 Å². The lowest BCUT2D eigenvalue weighted by Gasteiger charge is -2.27. The van der Waals surface area contributed by atoms with Gasteiger partial charge in [-0.05, 0) is 57.4 Å². The van der Waals surface area contributed by atoms with Gasteiger partial charge in [-0.25, -0.2) is 4.79 Å². The lowest BCUT2D eigenvalue weighted by molar-refractivity contribution is -0.119. The van der Waals surface area contributed by atoms with Gasteiger partial charge in [0.1, 0.15) is 0 Å². The minimum absolute atomic E-state index is 0.0693. The van der Waals surface area contributed by atoms with Crippen molar-refractivity contribution in [3.8, 4) is 11.5 Å². The van der Waals surface area contributed by atoms with Crippen LogP contribution in [0.3, 0.4) is 0 Å². The second-order valence-electron chi connectivity index (χ2n) is 9.11. The average Bonchev–Trinajstić information content (AvgIpc) is 3.60. The lowest BCUT2D eigenvalue weighted by atomic mass is 10.1. The van der Waals surface area contributed by atoms with E-state index in [4.69, 9.17) is 14.2 Å². The number of hydrogen-bond donors (Lipinski definition) is 2. The number of benzene rings is 2. The van der Waals surface area contributed by atoms with Crippen LogP contribution in [0.15, 0.2) is 36.4 Å². The van der Waals surface area contributed by atoms with Gasteiger partial charge in [0.05, 0.1) is 25.5 Å². The average molecular weight is 498 g/mol. The zero-order valence-corrected chi connectivity index (χ0v) is 21.7. The first-order valence-corrected chi connectivity index (χ1v) is 12.1. The Morgan fingerprint density at radius 3 is 2.17 bits per heavy atom. The van der Waals surface area contributed by atoms with Crippen LogP contribution in [0, 0.1) is 11.8 Å². The van der Waals surface area contributed by atoms with Crippen LogP contribution in [0.5, 0.6) is 11.5 Å². The van der Waals surface area contributed by atoms with Crippen molar-refractivity contribution >= 4 is 34.8 Å². The molecule has 2 aromatic rings. The molecule has 2 atom stereocenters. The highest BCUT2D eigenvalue weighted by molar-refractivity contribution is 6.04. The fourth-order valence-electron chi connectivity index (χ4n) is 4.05. The van der Waals surface area contributed by atoms with Crippen molar-refractivity contribution in [3.05, 3.63) is 42.0 Å². The topological polar surface area (TPSA) is 106 Å². The quantitative estimate of drug-likeness (QED) is 0.445. The molecule has 0 aromatic heterocycles. The molecule has 0 spiro atoms. The molecular weight excluding hydrogens is 462 g/mol. The van der Waals surface area contributed by atoms with E-state index in [-0.39, 0.29) is 23.1 Å². The summed E-state index contributed by atoms with van der Waals surface area (Å²) in [5.74, 6) is -0.564. The summed E-state index contributed by atoms with van der Waals surface area (Å²) < 4.78 is 15.9. The van der Waals surface area contributed by atoms with Gasteiger partial charge in [0, 0.05) is 42.0 Å². The van der Waals surface area contributed by atoms with Crippen LogP contribution in [-0.2, 0) is 14.3 Å². The maximum Gasteiger partial charge on any atom is 0.340 e. The summed E-state index contributed by atoms with van der Waals surface area (Å²) in [5.41, 5.74) is 1.96. The fraction of sp³-hybridized carbons (Fsp3) is 0.444. The molecule has 2 amide bonds. The van der Waals surface area contributed by atoms with Crippen molar-refractivity contribution in [3.63, 3.8) is 0 Å². The van der Waals surface area contributed by atoms with E-state index < -0.39 is 18.5 Å². The number of carbonyl (C=O) groups excluding carboxylic acids is 3. The molecule has 1 fully saturated rings. The third kappa shape index (κ3) is 6.47. The molecule has 0 aliphatic heterocycles. The molecule has 2 aromatic carbocycles. The minimum Gasteiger partial charge on any atom is -0.493 e. The van der Waals surface area contributed by atoms with Gasteiger partial charge >= 0.3 is 5.97 Å². The zero-order valence-electron chi connectivity index (χ0n) is 21.7. The van der Waals surface area contributed by atoms with Gasteiger partial charge < -0.3 is 29.7 Å². The van der Waals surface area contributed by atoms with Crippen molar-refractivity contribution in [2.45, 2.75) is 40.2 Å². The monoisotopic (exact) mass is 497 g/mol. The summed E-state index contributed by atoms with van der Waals surface area (Å²) in [5, 5.41) is 5.51. The fourth-order valence-corrected chi connectivity index (χ4v) is 4.05. The van der Waals surface area contributed by atoms with E-state index in [1.165, 1.54) is 26.4 Å². The second-order valence-corrected chi connectivity index (χ2v) is 9.11. The Balaban J connectivity index is 1.66. The molecule has 1 aliphatic carbocycles. The number of rotatable bonds is 11. The predicted molar refractivity (Wildman–Crippen MR) is 139 cm³/mol. The van der Waals surface area contributed by atoms with E-state index in [1.54, 1.807) is 12.1 Å². The number of ether oxygens (including phenoxy) is 3. The first-order valence-electron chi connectivity index (χ1n) is 12.1. The number of carbonyl (C=O) groups is 3. The normalized spacial score (nSPS) is 16.2. The van der Waals surface area contributed by atoms with Crippen molar-refractivity contribution in [1.29, 1.82) is 0 Å². The molecule has 0 heterocycles. The number of nitrogens with zero attached hydrogens (tertiary/aromatic N) is 1. The van der Waals surface area contributed by atoms with E-state index in [0.29, 0.717) is 29.1 Å². The number of esters is 1. The van der Waals surface area contributed by atoms with E-state index in [2.05, 4.69) is 36.3 Å². The molecule has 1 aliphatic rings. The van der Waals surface area contributed by atoms with Crippen molar-refractivity contribution in [1.82, 2.24) is 0 Å². The highest BCUT2D eigenvalue weighted by Gasteiger charge is 2.39. The third-order valence-electron chi connectivity index (χ3n) is 6.23. The Morgan fingerprint density at radius 2 is 1.64 bits per heavy atom. The van der Waals surface area contributed by atoms with Gasteiger partial charge in [-0.1, -0.05) is 6.92 Å². The van der Waals surface area contributed by atoms with Crippen molar-refractivity contribution in [2.24, 2.45) is 11.8 Å². The summed E-state index contributed by atoms with van der Waals surface area (Å²) in [7, 11) is 2.90. The Kier molecular flexibility index (Phi) is 8.79. The summed E-state index contributed by atoms with van der Waals surface area (Å²) in [6, 6.07) is 10.8. The predicted octanol–water partition coefficient (Wildman–Crippen LogP) is 4.33. The van der Waals surface area contributed by atoms with Crippen molar-refractivity contribution in [2.75, 3.05) is 42.9 Å². The molecule has 194 valence electrons. The molecule has 0 saturated heterocycles. The largest absolute Gasteiger partial charge is 0.493 e. The number of hydrogen-bond acceptors (Lipinski definition) is 7. The second kappa shape index (κ2) is 11.8. The van der Waals surface area contributed by atoms with Crippen LogP contribution in [0.1, 0.15) is 44.5 Å². The van der Waals surface area contributed by atoms with E-state index in [1.807, 2.05) is 19.1 Å². The molecular formula is C27H35N3O6. The van der Waals surface area contributed by atoms with Crippen molar-refractivity contribution < 1.29 is 28.6 Å². The van der Waals surface area contributed by atoms with Gasteiger partial charge in [0.2, 0.25) is 5.91 Å². The third-order valence-corrected chi connectivity index (χ3v) is 6.23. The molecule has 9 nitrogen and oxygen atoms in total. The maximum atomic E-state index is 12.9. The smallest absolute Gasteiger partial charge is 0.340 e. The number of amides is 2. The molecule has 0 bridgehead atoms. The first-order chi connectivity index (χ1) is 17.2. The van der Waals surface area contributed by atoms with E-state index in [0.717, 1.165) is 18.7 Å². The molecule has 1 saturated carbocycles. The Morgan fingerprint density at radius 1 is 1.03 bits per heavy atom. The summed E-state index contributed by atoms with van der Waals surface area (Å²) in [4.78, 5) is 40.1. The van der Waals surface area contributed by atoms with Crippen LogP contribution in [-0.4, -0.2) is 51.2 Å². The van der Waals surface area contributed by atoms with Crippen LogP contribution >= 0.6 is 0 Å². The first kappa shape index (κ1) is 26.8. The standard InChI is InChI=1S/C27H35N3O6/c1-7-30(16(2)3)19-10-8-18(9-11-19)28-25(31)15-36-27(33)21-13-23(34-5)24(35-6)14-22(21)29-26(32)20-12-17(20)4/h8-11,13-14,16-17,20H,7,12,15H2,1-6H3,(H,28,31)(H,29,32). The lowest BCUT2D eigenvalue weighted by Crippen LogP contribution is -2.30. The van der Waals surface area contributed by atoms with Gasteiger partial charge in [-0.2, -0.15) is 0 Å². The number of nitrogens with one attached hydrogen (secondary N) is 2. The number of anilines is 3. The molecule has 0 radical (unpaired) electrons. The van der Waals surface area contributed by atoms with Crippen LogP contribution in [0.4, 0.5) is 17.1 Å². The van der Waals surface area contributed by atoms with Crippen LogP contribution in [0.2, 0.25) is 0 Å². The SMILES string of the molecule is CCN(c1ccc(NC(=O)COC(=O)c2cc(OC)c(OC)cc2NC(=O)C2CC2C)cc1)C(C)C. The van der Waals surface area contributed by atoms with Crippen LogP contribution < -0.4 is 25.0 Å². The summed E-state index contributed by atoms with van der Waals surface area (Å²) in [6.45, 7) is 8.70. The van der Waals surface area contributed by atoms with Gasteiger partial charge in [-0.3, -0.25) is 9.59 Å². The minimum atomic E-state index is -0.767. The van der Waals surface area contributed by atoms with E-state index in [9.17, 15) is 14.4 Å². The highest BCUT2D eigenvalue weighted by Crippen LogP contribution is 2.40. The number of methoxy groups -OCH3 is 2. The Hall–Kier alpha value is -3.75. The summed E-state index contributed by atoms with van der Waals surface area (Å²) >= 11 is 0. The molecule has 3 rings (SSSR count). The summed E-state index contributed by atoms with van der Waals surface area (Å²) in [6.07, 6.45) is 0.800. The highest BCUT2D eigenvalue weighted by atomic mass is 16.5. The molecule has 9 heteroatoms. The molecule has 2 unspecified atom stereocenters. The Labute approximate surface area is 212 Å². The zero-order chi connectivity index (χ0) is 26.4. The molecule has 36 heavy (non-hydrogen) atoms. The van der Waals surface area contributed by atoms with Gasteiger partial charge in [0.25, 0.3) is 5.91 Å². The van der Waals surface area contributed by atoms with Gasteiger partial charge in [0.15, 0.2) is 18.1 Å². The van der Waals surface area contributed by atoms with E-state index >= 15 is 0 Å². The maximum absolute atomic E-state index is 12.9. The van der Waals surface area contributed by atoms with Crippen LogP contribution in [0.25, 0.3) is 0 Å². The molecule has 2 N–H and O–H groups in total.